The van der Waals surface area contributed by atoms with Crippen molar-refractivity contribution in [2.45, 2.75) is 10.8 Å². The molecule has 0 heterocycles. The summed E-state index contributed by atoms with van der Waals surface area (Å²) in [6.07, 6.45) is 0. The van der Waals surface area contributed by atoms with Crippen molar-refractivity contribution in [3.63, 3.8) is 0 Å². The summed E-state index contributed by atoms with van der Waals surface area (Å²) in [6.45, 7) is 0. The van der Waals surface area contributed by atoms with E-state index < -0.39 is 10.8 Å². The quantitative estimate of drug-likeness (QED) is 0.154. The van der Waals surface area contributed by atoms with Gasteiger partial charge in [0.05, 0.1) is 10.8 Å². The number of rotatable bonds is 7. The largest absolute Gasteiger partial charge is 0.310 e. The van der Waals surface area contributed by atoms with E-state index in [0.717, 1.165) is 17.1 Å². The van der Waals surface area contributed by atoms with E-state index in [9.17, 15) is 0 Å². The van der Waals surface area contributed by atoms with E-state index >= 15 is 0 Å². The van der Waals surface area contributed by atoms with E-state index in [0.29, 0.717) is 0 Å². The minimum absolute atomic E-state index is 0.439. The molecule has 0 amide bonds. The van der Waals surface area contributed by atoms with Crippen LogP contribution in [0.15, 0.2) is 285 Å². The first-order chi connectivity index (χ1) is 36.2. The smallest absolute Gasteiger partial charge is 0.0725 e. The van der Waals surface area contributed by atoms with Crippen molar-refractivity contribution in [3.8, 4) is 55.6 Å². The van der Waals surface area contributed by atoms with Gasteiger partial charge in [0.2, 0.25) is 0 Å². The van der Waals surface area contributed by atoms with Gasteiger partial charge in [-0.05, 0) is 147 Å². The Labute approximate surface area is 426 Å². The zero-order chi connectivity index (χ0) is 48.1. The van der Waals surface area contributed by atoms with Crippen LogP contribution in [0, 0.1) is 0 Å². The van der Waals surface area contributed by atoms with Crippen molar-refractivity contribution in [2.75, 3.05) is 4.90 Å². The molecule has 1 unspecified atom stereocenters. The van der Waals surface area contributed by atoms with Crippen molar-refractivity contribution in [1.82, 2.24) is 0 Å². The Hall–Kier alpha value is -9.30. The van der Waals surface area contributed by atoms with E-state index in [1.807, 2.05) is 0 Å². The Bertz CT molecular complexity index is 4080. The topological polar surface area (TPSA) is 3.24 Å². The molecule has 0 saturated carbocycles. The molecule has 12 aromatic rings. The van der Waals surface area contributed by atoms with Crippen molar-refractivity contribution < 1.29 is 0 Å². The third kappa shape index (κ3) is 5.85. The molecule has 1 nitrogen and oxygen atoms in total. The highest BCUT2D eigenvalue weighted by atomic mass is 15.1. The summed E-state index contributed by atoms with van der Waals surface area (Å²) in [5.41, 5.74) is 25.5. The van der Waals surface area contributed by atoms with Crippen LogP contribution >= 0.6 is 0 Å². The van der Waals surface area contributed by atoms with Gasteiger partial charge in [-0.3, -0.25) is 0 Å². The van der Waals surface area contributed by atoms with Crippen LogP contribution in [0.2, 0.25) is 0 Å². The Morgan fingerprint density at radius 1 is 0.233 bits per heavy atom. The first-order valence-electron chi connectivity index (χ1n) is 25.5. The summed E-state index contributed by atoms with van der Waals surface area (Å²) >= 11 is 0. The van der Waals surface area contributed by atoms with E-state index in [1.54, 1.807) is 0 Å². The van der Waals surface area contributed by atoms with Gasteiger partial charge in [-0.2, -0.15) is 0 Å². The average Bonchev–Trinajstić information content (AvgIpc) is 4.11. The number of nitrogens with zero attached hydrogens (tertiary/aromatic N) is 1. The molecule has 0 fully saturated rings. The summed E-state index contributed by atoms with van der Waals surface area (Å²) in [5.74, 6) is 0. The predicted octanol–water partition coefficient (Wildman–Crippen LogP) is 18.4. The van der Waals surface area contributed by atoms with Crippen molar-refractivity contribution in [3.05, 3.63) is 330 Å². The van der Waals surface area contributed by atoms with Crippen LogP contribution in [0.4, 0.5) is 17.1 Å². The summed E-state index contributed by atoms with van der Waals surface area (Å²) in [5, 5.41) is 2.58. The molecular formula is C72H47N. The summed E-state index contributed by atoms with van der Waals surface area (Å²) in [4.78, 5) is 2.43. The molecule has 73 heavy (non-hydrogen) atoms. The van der Waals surface area contributed by atoms with Crippen LogP contribution in [0.25, 0.3) is 66.4 Å². The maximum Gasteiger partial charge on any atom is 0.0725 e. The van der Waals surface area contributed by atoms with E-state index in [1.165, 1.54) is 111 Å². The lowest BCUT2D eigenvalue weighted by atomic mass is 9.68. The first kappa shape index (κ1) is 41.5. The highest BCUT2D eigenvalue weighted by molar-refractivity contribution is 6.07. The normalized spacial score (nSPS) is 15.0. The van der Waals surface area contributed by atoms with Gasteiger partial charge in [0, 0.05) is 17.1 Å². The molecule has 340 valence electrons. The first-order valence-corrected chi connectivity index (χ1v) is 25.5. The molecule has 1 atom stereocenters. The highest BCUT2D eigenvalue weighted by Crippen LogP contribution is 2.65. The molecule has 0 aliphatic heterocycles. The molecule has 0 aromatic heterocycles. The predicted molar refractivity (Wildman–Crippen MR) is 303 cm³/mol. The molecule has 0 radical (unpaired) electrons. The lowest BCUT2D eigenvalue weighted by Crippen LogP contribution is -2.28. The van der Waals surface area contributed by atoms with Crippen LogP contribution in [0.1, 0.15) is 44.5 Å². The SMILES string of the molecule is c1ccc(-c2ccc(N(c3ccc(-c4cccc5c4-c4ccccc4C54c5ccccc5-c5c4ccc4ccccc54)cc3)c3ccc4c(c3)-c3ccccc3C4(c3ccccc3)c3ccccc3)cc2)cc1. The van der Waals surface area contributed by atoms with Crippen molar-refractivity contribution >= 4 is 27.8 Å². The summed E-state index contributed by atoms with van der Waals surface area (Å²) in [6, 6.07) is 106. The molecule has 3 aliphatic carbocycles. The summed E-state index contributed by atoms with van der Waals surface area (Å²) < 4.78 is 0. The lowest BCUT2D eigenvalue weighted by molar-refractivity contribution is 0.768. The number of hydrogen-bond acceptors (Lipinski definition) is 1. The van der Waals surface area contributed by atoms with Gasteiger partial charge in [0.15, 0.2) is 0 Å². The maximum absolute atomic E-state index is 2.43. The van der Waals surface area contributed by atoms with E-state index in [-0.39, 0.29) is 0 Å². The van der Waals surface area contributed by atoms with Gasteiger partial charge in [-0.15, -0.1) is 0 Å². The van der Waals surface area contributed by atoms with Gasteiger partial charge < -0.3 is 4.90 Å². The molecule has 0 bridgehead atoms. The number of fused-ring (bicyclic) bond motifs is 15. The Morgan fingerprint density at radius 2 is 0.671 bits per heavy atom. The third-order valence-corrected chi connectivity index (χ3v) is 16.4. The second-order valence-electron chi connectivity index (χ2n) is 19.8. The van der Waals surface area contributed by atoms with Crippen LogP contribution in [-0.4, -0.2) is 0 Å². The van der Waals surface area contributed by atoms with Crippen LogP contribution in [-0.2, 0) is 10.8 Å². The maximum atomic E-state index is 2.43. The van der Waals surface area contributed by atoms with E-state index in [2.05, 4.69) is 290 Å². The molecule has 1 spiro atoms. The number of benzene rings is 12. The van der Waals surface area contributed by atoms with Gasteiger partial charge in [-0.1, -0.05) is 249 Å². The van der Waals surface area contributed by atoms with Gasteiger partial charge in [0.1, 0.15) is 0 Å². The Balaban J connectivity index is 0.899. The van der Waals surface area contributed by atoms with Gasteiger partial charge >= 0.3 is 0 Å². The molecule has 3 aliphatic rings. The van der Waals surface area contributed by atoms with Crippen molar-refractivity contribution in [2.24, 2.45) is 0 Å². The van der Waals surface area contributed by atoms with Crippen molar-refractivity contribution in [1.29, 1.82) is 0 Å². The standard InChI is InChI=1S/C72H47N/c1-4-19-48(20-5-1)49-35-40-54(41-36-49)73(56-44-46-66-62(47-56)59-27-12-15-31-63(59)71(66,52-22-6-2-7-23-52)53-24-8-3-9-25-53)55-42-37-51(38-43-55)58-30-18-34-67-69(58)60-28-13-16-32-64(60)72(67)65-33-17-14-29-61(65)70-57-26-11-10-21-50(57)39-45-68(70)72/h1-47H. The fraction of sp³-hybridized carbons (Fsp3) is 0.0278. The molecule has 12 aromatic carbocycles. The molecule has 1 heteroatoms. The van der Waals surface area contributed by atoms with Gasteiger partial charge in [0.25, 0.3) is 0 Å². The van der Waals surface area contributed by atoms with Crippen LogP contribution < -0.4 is 4.90 Å². The minimum Gasteiger partial charge on any atom is -0.310 e. The second-order valence-corrected chi connectivity index (χ2v) is 19.8. The number of anilines is 3. The Morgan fingerprint density at radius 3 is 1.33 bits per heavy atom. The Kier molecular flexibility index (Phi) is 9.16. The molecule has 15 rings (SSSR count). The highest BCUT2D eigenvalue weighted by Gasteiger charge is 2.52. The van der Waals surface area contributed by atoms with E-state index in [4.69, 9.17) is 0 Å². The summed E-state index contributed by atoms with van der Waals surface area (Å²) in [7, 11) is 0. The molecular weight excluding hydrogens is 879 g/mol. The zero-order valence-corrected chi connectivity index (χ0v) is 40.1. The van der Waals surface area contributed by atoms with Gasteiger partial charge in [-0.25, -0.2) is 0 Å². The average molecular weight is 926 g/mol. The number of hydrogen-bond donors (Lipinski definition) is 0. The fourth-order valence-corrected chi connectivity index (χ4v) is 13.4. The monoisotopic (exact) mass is 925 g/mol. The zero-order valence-electron chi connectivity index (χ0n) is 40.1. The fourth-order valence-electron chi connectivity index (χ4n) is 13.4. The lowest BCUT2D eigenvalue weighted by Gasteiger charge is -2.34. The van der Waals surface area contributed by atoms with Crippen LogP contribution in [0.3, 0.4) is 0 Å². The molecule has 0 N–H and O–H groups in total. The third-order valence-electron chi connectivity index (χ3n) is 16.4. The molecule has 0 saturated heterocycles. The van der Waals surface area contributed by atoms with Crippen LogP contribution in [0.5, 0.6) is 0 Å². The second kappa shape index (κ2) is 16.1. The minimum atomic E-state index is -0.472.